The first kappa shape index (κ1) is 23.4. The van der Waals surface area contributed by atoms with Crippen LogP contribution in [0.4, 0.5) is 10.1 Å². The number of para-hydroxylation sites is 1. The monoisotopic (exact) mass is 486 g/mol. The standard InChI is InChI=1S/C25H24ClFN2O3S/c1-17-10-12-20(13-11-17)33(31,32)28(15-21-22(26)7-5-8-23(21)27)16-25(30)29-18(2)14-19-6-3-4-9-24(19)29/h3-13,18H,14-16H2,1-2H3/t18-/m1/s1. The van der Waals surface area contributed by atoms with Gasteiger partial charge in [0.15, 0.2) is 0 Å². The van der Waals surface area contributed by atoms with E-state index < -0.39 is 22.4 Å². The van der Waals surface area contributed by atoms with Crippen molar-refractivity contribution in [3.05, 3.63) is 94.3 Å². The summed E-state index contributed by atoms with van der Waals surface area (Å²) in [5.74, 6) is -1.01. The van der Waals surface area contributed by atoms with Gasteiger partial charge in [0.25, 0.3) is 0 Å². The Kier molecular flexibility index (Phi) is 6.56. The first-order valence-corrected chi connectivity index (χ1v) is 12.4. The van der Waals surface area contributed by atoms with Crippen LogP contribution in [-0.2, 0) is 27.8 Å². The molecule has 0 saturated heterocycles. The number of carbonyl (C=O) groups excluding carboxylic acids is 1. The molecule has 0 spiro atoms. The van der Waals surface area contributed by atoms with Gasteiger partial charge in [0.1, 0.15) is 5.82 Å². The van der Waals surface area contributed by atoms with Crippen LogP contribution in [0.3, 0.4) is 0 Å². The normalized spacial score (nSPS) is 15.7. The molecule has 1 aliphatic heterocycles. The largest absolute Gasteiger partial charge is 0.308 e. The van der Waals surface area contributed by atoms with Gasteiger partial charge in [-0.3, -0.25) is 4.79 Å². The molecule has 0 aliphatic carbocycles. The van der Waals surface area contributed by atoms with E-state index in [9.17, 15) is 17.6 Å². The molecule has 33 heavy (non-hydrogen) atoms. The fraction of sp³-hybridized carbons (Fsp3) is 0.240. The molecule has 0 N–H and O–H groups in total. The topological polar surface area (TPSA) is 57.7 Å². The second-order valence-corrected chi connectivity index (χ2v) is 10.6. The summed E-state index contributed by atoms with van der Waals surface area (Å²) < 4.78 is 42.6. The van der Waals surface area contributed by atoms with Crippen molar-refractivity contribution in [2.75, 3.05) is 11.4 Å². The predicted molar refractivity (Wildman–Crippen MR) is 127 cm³/mol. The van der Waals surface area contributed by atoms with E-state index in [1.807, 2.05) is 38.1 Å². The maximum Gasteiger partial charge on any atom is 0.243 e. The lowest BCUT2D eigenvalue weighted by Gasteiger charge is -2.28. The highest BCUT2D eigenvalue weighted by atomic mass is 35.5. The first-order valence-electron chi connectivity index (χ1n) is 10.6. The average Bonchev–Trinajstić information content (AvgIpc) is 3.11. The molecule has 4 rings (SSSR count). The Hall–Kier alpha value is -2.74. The minimum atomic E-state index is -4.11. The third kappa shape index (κ3) is 4.67. The number of nitrogens with zero attached hydrogens (tertiary/aromatic N) is 2. The number of sulfonamides is 1. The van der Waals surface area contributed by atoms with Gasteiger partial charge < -0.3 is 4.90 Å². The zero-order valence-corrected chi connectivity index (χ0v) is 19.9. The number of amides is 1. The van der Waals surface area contributed by atoms with Crippen LogP contribution in [-0.4, -0.2) is 31.2 Å². The van der Waals surface area contributed by atoms with Crippen molar-refractivity contribution < 1.29 is 17.6 Å². The molecule has 0 saturated carbocycles. The number of carbonyl (C=O) groups is 1. The van der Waals surface area contributed by atoms with Crippen LogP contribution in [0.2, 0.25) is 5.02 Å². The van der Waals surface area contributed by atoms with Crippen LogP contribution >= 0.6 is 11.6 Å². The van der Waals surface area contributed by atoms with E-state index in [1.54, 1.807) is 17.0 Å². The number of halogens is 2. The Morgan fingerprint density at radius 1 is 1.09 bits per heavy atom. The zero-order chi connectivity index (χ0) is 23.8. The van der Waals surface area contributed by atoms with Gasteiger partial charge in [-0.2, -0.15) is 4.31 Å². The van der Waals surface area contributed by atoms with Crippen molar-refractivity contribution in [3.63, 3.8) is 0 Å². The van der Waals surface area contributed by atoms with Gasteiger partial charge in [-0.15, -0.1) is 0 Å². The lowest BCUT2D eigenvalue weighted by molar-refractivity contribution is -0.119. The van der Waals surface area contributed by atoms with Crippen molar-refractivity contribution >= 4 is 33.2 Å². The molecule has 5 nitrogen and oxygen atoms in total. The van der Waals surface area contributed by atoms with Crippen LogP contribution < -0.4 is 4.90 Å². The van der Waals surface area contributed by atoms with Crippen molar-refractivity contribution in [1.82, 2.24) is 4.31 Å². The van der Waals surface area contributed by atoms with E-state index >= 15 is 0 Å². The summed E-state index contributed by atoms with van der Waals surface area (Å²) >= 11 is 6.19. The molecule has 0 bridgehead atoms. The Morgan fingerprint density at radius 3 is 2.48 bits per heavy atom. The number of hydrogen-bond donors (Lipinski definition) is 0. The highest BCUT2D eigenvalue weighted by molar-refractivity contribution is 7.89. The summed E-state index contributed by atoms with van der Waals surface area (Å²) in [6.07, 6.45) is 0.686. The summed E-state index contributed by atoms with van der Waals surface area (Å²) in [5.41, 5.74) is 2.73. The molecule has 0 aromatic heterocycles. The van der Waals surface area contributed by atoms with Gasteiger partial charge in [-0.05, 0) is 56.2 Å². The minimum Gasteiger partial charge on any atom is -0.308 e. The average molecular weight is 487 g/mol. The summed E-state index contributed by atoms with van der Waals surface area (Å²) in [4.78, 5) is 15.1. The van der Waals surface area contributed by atoms with Crippen molar-refractivity contribution in [3.8, 4) is 0 Å². The molecule has 3 aromatic rings. The molecule has 1 aliphatic rings. The number of anilines is 1. The van der Waals surface area contributed by atoms with Crippen LogP contribution in [0.15, 0.2) is 71.6 Å². The Labute approximate surface area is 198 Å². The van der Waals surface area contributed by atoms with Gasteiger partial charge in [-0.25, -0.2) is 12.8 Å². The second kappa shape index (κ2) is 9.25. The van der Waals surface area contributed by atoms with E-state index in [2.05, 4.69) is 0 Å². The highest BCUT2D eigenvalue weighted by Gasteiger charge is 2.35. The third-order valence-electron chi connectivity index (χ3n) is 5.84. The lowest BCUT2D eigenvalue weighted by atomic mass is 10.1. The van der Waals surface area contributed by atoms with Gasteiger partial charge in [-0.1, -0.05) is 53.6 Å². The van der Waals surface area contributed by atoms with Gasteiger partial charge >= 0.3 is 0 Å². The molecular formula is C25H24ClFN2O3S. The molecule has 8 heteroatoms. The van der Waals surface area contributed by atoms with Crippen LogP contribution in [0, 0.1) is 12.7 Å². The quantitative estimate of drug-likeness (QED) is 0.495. The predicted octanol–water partition coefficient (Wildman–Crippen LogP) is 4.96. The SMILES string of the molecule is Cc1ccc(S(=O)(=O)N(CC(=O)N2c3ccccc3C[C@H]2C)Cc2c(F)cccc2Cl)cc1. The van der Waals surface area contributed by atoms with E-state index in [0.29, 0.717) is 6.42 Å². The molecule has 1 amide bonds. The summed E-state index contributed by atoms with van der Waals surface area (Å²) in [6.45, 7) is 2.96. The van der Waals surface area contributed by atoms with Crippen LogP contribution in [0.1, 0.15) is 23.6 Å². The number of rotatable bonds is 6. The molecule has 1 heterocycles. The van der Waals surface area contributed by atoms with Crippen molar-refractivity contribution in [1.29, 1.82) is 0 Å². The van der Waals surface area contributed by atoms with Gasteiger partial charge in [0, 0.05) is 28.9 Å². The Bertz CT molecular complexity index is 1280. The van der Waals surface area contributed by atoms with Crippen LogP contribution in [0.5, 0.6) is 0 Å². The Balaban J connectivity index is 1.71. The van der Waals surface area contributed by atoms with Crippen molar-refractivity contribution in [2.24, 2.45) is 0 Å². The molecule has 0 fully saturated rings. The number of hydrogen-bond acceptors (Lipinski definition) is 3. The van der Waals surface area contributed by atoms with E-state index in [0.717, 1.165) is 21.1 Å². The molecule has 3 aromatic carbocycles. The molecule has 0 unspecified atom stereocenters. The minimum absolute atomic E-state index is 0.0255. The smallest absolute Gasteiger partial charge is 0.243 e. The molecule has 1 atom stereocenters. The summed E-state index contributed by atoms with van der Waals surface area (Å²) in [6, 6.07) is 18.0. The third-order valence-corrected chi connectivity index (χ3v) is 8.00. The lowest BCUT2D eigenvalue weighted by Crippen LogP contribution is -2.45. The first-order chi connectivity index (χ1) is 15.7. The van der Waals surface area contributed by atoms with Crippen molar-refractivity contribution in [2.45, 2.75) is 37.8 Å². The Morgan fingerprint density at radius 2 is 1.79 bits per heavy atom. The van der Waals surface area contributed by atoms with E-state index in [-0.39, 0.29) is 34.0 Å². The molecule has 172 valence electrons. The summed E-state index contributed by atoms with van der Waals surface area (Å²) in [5, 5.41) is 0.103. The molecule has 0 radical (unpaired) electrons. The molecular weight excluding hydrogens is 463 g/mol. The number of fused-ring (bicyclic) bond motifs is 1. The fourth-order valence-electron chi connectivity index (χ4n) is 4.12. The summed E-state index contributed by atoms with van der Waals surface area (Å²) in [7, 11) is -4.11. The maximum absolute atomic E-state index is 14.6. The van der Waals surface area contributed by atoms with Gasteiger partial charge in [0.05, 0.1) is 11.4 Å². The maximum atomic E-state index is 14.6. The fourth-order valence-corrected chi connectivity index (χ4v) is 5.70. The highest BCUT2D eigenvalue weighted by Crippen LogP contribution is 2.33. The number of aryl methyl sites for hydroxylation is 1. The van der Waals surface area contributed by atoms with E-state index in [4.69, 9.17) is 11.6 Å². The zero-order valence-electron chi connectivity index (χ0n) is 18.3. The van der Waals surface area contributed by atoms with Crippen LogP contribution in [0.25, 0.3) is 0 Å². The second-order valence-electron chi connectivity index (χ2n) is 8.23. The van der Waals surface area contributed by atoms with E-state index in [1.165, 1.54) is 30.3 Å². The van der Waals surface area contributed by atoms with Gasteiger partial charge in [0.2, 0.25) is 15.9 Å². The number of benzene rings is 3.